The van der Waals surface area contributed by atoms with Crippen molar-refractivity contribution >= 4 is 29.5 Å². The molecule has 0 aromatic heterocycles. The summed E-state index contributed by atoms with van der Waals surface area (Å²) in [6.45, 7) is 7.58. The Kier molecular flexibility index (Phi) is 10.1. The normalized spacial score (nSPS) is 22.4. The zero-order valence-corrected chi connectivity index (χ0v) is 20.4. The smallest absolute Gasteiger partial charge is 0.312 e. The van der Waals surface area contributed by atoms with Crippen LogP contribution in [0.1, 0.15) is 65.2 Å². The topological polar surface area (TPSA) is 151 Å². The molecule has 0 unspecified atom stereocenters. The molecule has 1 heterocycles. The van der Waals surface area contributed by atoms with E-state index in [2.05, 4.69) is 22.5 Å². The van der Waals surface area contributed by atoms with Crippen LogP contribution in [0.25, 0.3) is 0 Å². The molecule has 2 fully saturated rings. The van der Waals surface area contributed by atoms with E-state index < -0.39 is 47.7 Å². The summed E-state index contributed by atoms with van der Waals surface area (Å²) in [4.78, 5) is 63.9. The Morgan fingerprint density at radius 2 is 1.82 bits per heavy atom. The Balaban J connectivity index is 2.18. The monoisotopic (exact) mass is 477 g/mol. The molecule has 0 bridgehead atoms. The number of primary amides is 1. The number of rotatable bonds is 11. The van der Waals surface area contributed by atoms with Crippen molar-refractivity contribution in [2.45, 2.75) is 77.3 Å². The van der Waals surface area contributed by atoms with Crippen LogP contribution < -0.4 is 21.7 Å². The Hall–Kier alpha value is -2.91. The molecule has 1 aliphatic carbocycles. The lowest BCUT2D eigenvalue weighted by Gasteiger charge is -2.42. The summed E-state index contributed by atoms with van der Waals surface area (Å²) in [5, 5.41) is 7.55. The summed E-state index contributed by atoms with van der Waals surface area (Å²) in [6, 6.07) is -2.38. The minimum Gasteiger partial charge on any atom is -0.352 e. The second kappa shape index (κ2) is 12.5. The Labute approximate surface area is 201 Å². The molecule has 0 radical (unpaired) electrons. The Bertz CT molecular complexity index is 793. The SMILES string of the molecule is C=CCNC(=O)C(=O)CNC(=O)[C@@H]1C[C@@H](CCC)CN1C(=O)[C@@H](NC(N)=O)C1(C)CCCCC1. The van der Waals surface area contributed by atoms with Crippen LogP contribution in [0.15, 0.2) is 12.7 Å². The van der Waals surface area contributed by atoms with E-state index in [-0.39, 0.29) is 18.4 Å². The molecule has 2 aliphatic rings. The fourth-order valence-corrected chi connectivity index (χ4v) is 5.15. The van der Waals surface area contributed by atoms with Crippen molar-refractivity contribution in [1.82, 2.24) is 20.9 Å². The molecule has 1 aliphatic heterocycles. The number of nitrogens with zero attached hydrogens (tertiary/aromatic N) is 1. The van der Waals surface area contributed by atoms with Crippen LogP contribution in [0.4, 0.5) is 4.79 Å². The highest BCUT2D eigenvalue weighted by Crippen LogP contribution is 2.40. The first-order chi connectivity index (χ1) is 16.1. The third kappa shape index (κ3) is 7.04. The Morgan fingerprint density at radius 3 is 2.41 bits per heavy atom. The van der Waals surface area contributed by atoms with E-state index in [4.69, 9.17) is 5.73 Å². The van der Waals surface area contributed by atoms with Gasteiger partial charge in [0.25, 0.3) is 5.91 Å². The van der Waals surface area contributed by atoms with Crippen molar-refractivity contribution in [2.75, 3.05) is 19.6 Å². The van der Waals surface area contributed by atoms with Gasteiger partial charge in [-0.15, -0.1) is 6.58 Å². The van der Waals surface area contributed by atoms with Crippen molar-refractivity contribution in [3.8, 4) is 0 Å². The van der Waals surface area contributed by atoms with Crippen LogP contribution in [-0.4, -0.2) is 66.2 Å². The number of urea groups is 1. The number of ketones is 1. The minimum atomic E-state index is -0.827. The number of nitrogens with one attached hydrogen (secondary N) is 3. The third-order valence-electron chi connectivity index (χ3n) is 6.98. The molecular weight excluding hydrogens is 438 g/mol. The van der Waals surface area contributed by atoms with Crippen LogP contribution in [0.3, 0.4) is 0 Å². The van der Waals surface area contributed by atoms with Gasteiger partial charge >= 0.3 is 6.03 Å². The van der Waals surface area contributed by atoms with Crippen molar-refractivity contribution in [1.29, 1.82) is 0 Å². The highest BCUT2D eigenvalue weighted by Gasteiger charge is 2.47. The van der Waals surface area contributed by atoms with Gasteiger partial charge in [-0.2, -0.15) is 0 Å². The summed E-state index contributed by atoms with van der Waals surface area (Å²) in [7, 11) is 0. The van der Waals surface area contributed by atoms with Crippen molar-refractivity contribution in [3.63, 3.8) is 0 Å². The predicted octanol–water partition coefficient (Wildman–Crippen LogP) is 0.998. The lowest BCUT2D eigenvalue weighted by atomic mass is 9.70. The predicted molar refractivity (Wildman–Crippen MR) is 127 cm³/mol. The standard InChI is InChI=1S/C24H39N5O5/c1-4-9-16-13-17(20(31)27-14-18(30)21(32)26-12-5-2)29(15-16)22(33)19(28-23(25)34)24(3)10-7-6-8-11-24/h5,16-17,19H,2,4,6-15H2,1,3H3,(H,26,32)(H,27,31)(H3,25,28,34)/t16-,17+,19-/m1/s1. The van der Waals surface area contributed by atoms with E-state index in [9.17, 15) is 24.0 Å². The Morgan fingerprint density at radius 1 is 1.15 bits per heavy atom. The average Bonchev–Trinajstić information content (AvgIpc) is 3.23. The van der Waals surface area contributed by atoms with Crippen LogP contribution in [-0.2, 0) is 19.2 Å². The van der Waals surface area contributed by atoms with Crippen LogP contribution in [0, 0.1) is 11.3 Å². The summed E-state index contributed by atoms with van der Waals surface area (Å²) < 4.78 is 0. The van der Waals surface area contributed by atoms with Gasteiger partial charge < -0.3 is 26.6 Å². The molecule has 0 aromatic carbocycles. The van der Waals surface area contributed by atoms with E-state index in [1.807, 2.05) is 13.8 Å². The fourth-order valence-electron chi connectivity index (χ4n) is 5.15. The summed E-state index contributed by atoms with van der Waals surface area (Å²) in [6.07, 6.45) is 8.21. The number of hydrogen-bond donors (Lipinski definition) is 4. The molecule has 5 N–H and O–H groups in total. The number of likely N-dealkylation sites (tertiary alicyclic amines) is 1. The zero-order chi connectivity index (χ0) is 25.3. The van der Waals surface area contributed by atoms with Crippen molar-refractivity contribution < 1.29 is 24.0 Å². The van der Waals surface area contributed by atoms with E-state index in [1.54, 1.807) is 0 Å². The quantitative estimate of drug-likeness (QED) is 0.258. The maximum Gasteiger partial charge on any atom is 0.312 e. The molecule has 3 atom stereocenters. The van der Waals surface area contributed by atoms with Gasteiger partial charge in [-0.1, -0.05) is 45.6 Å². The molecule has 1 saturated heterocycles. The van der Waals surface area contributed by atoms with Gasteiger partial charge in [-0.05, 0) is 37.0 Å². The molecular formula is C24H39N5O5. The largest absolute Gasteiger partial charge is 0.352 e. The van der Waals surface area contributed by atoms with Gasteiger partial charge in [-0.25, -0.2) is 4.79 Å². The van der Waals surface area contributed by atoms with Crippen LogP contribution in [0.5, 0.6) is 0 Å². The molecule has 190 valence electrons. The fraction of sp³-hybridized carbons (Fsp3) is 0.708. The lowest BCUT2D eigenvalue weighted by Crippen LogP contribution is -2.60. The molecule has 2 rings (SSSR count). The molecule has 5 amide bonds. The van der Waals surface area contributed by atoms with Gasteiger partial charge in [0.15, 0.2) is 0 Å². The van der Waals surface area contributed by atoms with Crippen LogP contribution in [0.2, 0.25) is 0 Å². The molecule has 0 spiro atoms. The second-order valence-electron chi connectivity index (χ2n) is 9.69. The number of amides is 5. The molecule has 0 aromatic rings. The minimum absolute atomic E-state index is 0.129. The second-order valence-corrected chi connectivity index (χ2v) is 9.69. The van der Waals surface area contributed by atoms with Gasteiger partial charge in [0, 0.05) is 13.1 Å². The van der Waals surface area contributed by atoms with Gasteiger partial charge in [0.2, 0.25) is 17.6 Å². The molecule has 1 saturated carbocycles. The molecule has 10 nitrogen and oxygen atoms in total. The highest BCUT2D eigenvalue weighted by molar-refractivity contribution is 6.37. The van der Waals surface area contributed by atoms with Crippen LogP contribution >= 0.6 is 0 Å². The van der Waals surface area contributed by atoms with Crippen molar-refractivity contribution in [2.24, 2.45) is 17.1 Å². The maximum absolute atomic E-state index is 13.7. The first-order valence-corrected chi connectivity index (χ1v) is 12.2. The average molecular weight is 478 g/mol. The van der Waals surface area contributed by atoms with E-state index in [0.29, 0.717) is 13.0 Å². The number of Topliss-reactive ketones (excluding diaryl/α,β-unsaturated/α-hetero) is 1. The number of nitrogens with two attached hydrogens (primary N) is 1. The summed E-state index contributed by atoms with van der Waals surface area (Å²) in [5.74, 6) is -2.26. The first-order valence-electron chi connectivity index (χ1n) is 12.2. The van der Waals surface area contributed by atoms with Gasteiger partial charge in [0.1, 0.15) is 12.1 Å². The maximum atomic E-state index is 13.7. The summed E-state index contributed by atoms with van der Waals surface area (Å²) in [5.41, 5.74) is 4.98. The van der Waals surface area contributed by atoms with E-state index in [1.165, 1.54) is 11.0 Å². The first kappa shape index (κ1) is 27.3. The number of hydrogen-bond acceptors (Lipinski definition) is 5. The molecule has 34 heavy (non-hydrogen) atoms. The zero-order valence-electron chi connectivity index (χ0n) is 20.4. The molecule has 10 heteroatoms. The third-order valence-corrected chi connectivity index (χ3v) is 6.98. The number of carbonyl (C=O) groups excluding carboxylic acids is 5. The van der Waals surface area contributed by atoms with E-state index in [0.717, 1.165) is 44.9 Å². The highest BCUT2D eigenvalue weighted by atomic mass is 16.2. The van der Waals surface area contributed by atoms with Gasteiger partial charge in [-0.3, -0.25) is 19.2 Å². The number of carbonyl (C=O) groups is 5. The van der Waals surface area contributed by atoms with E-state index >= 15 is 0 Å². The van der Waals surface area contributed by atoms with Crippen molar-refractivity contribution in [3.05, 3.63) is 12.7 Å². The lowest BCUT2D eigenvalue weighted by molar-refractivity contribution is -0.143. The summed E-state index contributed by atoms with van der Waals surface area (Å²) >= 11 is 0. The van der Waals surface area contributed by atoms with Gasteiger partial charge in [0.05, 0.1) is 6.54 Å².